The minimum atomic E-state index is -0.502. The van der Waals surface area contributed by atoms with Crippen molar-refractivity contribution in [2.75, 3.05) is 0 Å². The first kappa shape index (κ1) is 18.7. The van der Waals surface area contributed by atoms with Gasteiger partial charge in [0.1, 0.15) is 17.3 Å². The maximum atomic E-state index is 12.2. The number of nitro groups is 1. The number of rotatable bonds is 4. The maximum absolute atomic E-state index is 12.2. The van der Waals surface area contributed by atoms with Crippen molar-refractivity contribution < 1.29 is 18.9 Å². The van der Waals surface area contributed by atoms with E-state index < -0.39 is 10.9 Å². The molecule has 0 bridgehead atoms. The van der Waals surface area contributed by atoms with E-state index in [9.17, 15) is 14.9 Å². The SMILES string of the molecule is Cc1ccc(C2=C/C(=C\c3ccc(-c4cc([N+](=O)[O-])ccc4Cl)o3)C(=O)O2)cc1. The molecule has 0 saturated heterocycles. The zero-order valence-electron chi connectivity index (χ0n) is 15.2. The number of halogens is 1. The first-order chi connectivity index (χ1) is 13.9. The third kappa shape index (κ3) is 3.83. The monoisotopic (exact) mass is 407 g/mol. The fraction of sp³-hybridized carbons (Fsp3) is 0.0455. The van der Waals surface area contributed by atoms with Gasteiger partial charge in [-0.3, -0.25) is 10.1 Å². The van der Waals surface area contributed by atoms with Crippen LogP contribution >= 0.6 is 11.6 Å². The van der Waals surface area contributed by atoms with E-state index in [0.29, 0.717) is 33.4 Å². The Balaban J connectivity index is 1.64. The molecule has 29 heavy (non-hydrogen) atoms. The lowest BCUT2D eigenvalue weighted by atomic mass is 10.1. The van der Waals surface area contributed by atoms with Gasteiger partial charge < -0.3 is 9.15 Å². The fourth-order valence-corrected chi connectivity index (χ4v) is 3.10. The van der Waals surface area contributed by atoms with Crippen LogP contribution in [0.4, 0.5) is 5.69 Å². The third-order valence-electron chi connectivity index (χ3n) is 4.41. The summed E-state index contributed by atoms with van der Waals surface area (Å²) in [6.07, 6.45) is 3.20. The molecule has 0 unspecified atom stereocenters. The van der Waals surface area contributed by atoms with Gasteiger partial charge in [0.2, 0.25) is 0 Å². The molecule has 6 nitrogen and oxygen atoms in total. The molecular formula is C22H14ClNO5. The topological polar surface area (TPSA) is 82.6 Å². The van der Waals surface area contributed by atoms with Gasteiger partial charge in [0.15, 0.2) is 0 Å². The average molecular weight is 408 g/mol. The Kier molecular flexibility index (Phi) is 4.78. The van der Waals surface area contributed by atoms with Crippen molar-refractivity contribution in [2.24, 2.45) is 0 Å². The zero-order valence-corrected chi connectivity index (χ0v) is 16.0. The van der Waals surface area contributed by atoms with Crippen LogP contribution in [0.5, 0.6) is 0 Å². The Hall–Kier alpha value is -3.64. The van der Waals surface area contributed by atoms with Crippen LogP contribution in [0.1, 0.15) is 16.9 Å². The van der Waals surface area contributed by atoms with Crippen LogP contribution in [0.3, 0.4) is 0 Å². The van der Waals surface area contributed by atoms with Crippen molar-refractivity contribution in [1.82, 2.24) is 0 Å². The highest BCUT2D eigenvalue weighted by Crippen LogP contribution is 2.34. The van der Waals surface area contributed by atoms with Crippen LogP contribution in [0.25, 0.3) is 23.2 Å². The number of nitro benzene ring substituents is 1. The molecule has 2 heterocycles. The summed E-state index contributed by atoms with van der Waals surface area (Å²) in [6, 6.07) is 15.0. The largest absolute Gasteiger partial charge is 0.457 e. The normalized spacial score (nSPS) is 14.8. The van der Waals surface area contributed by atoms with E-state index in [0.717, 1.165) is 11.1 Å². The average Bonchev–Trinajstić information content (AvgIpc) is 3.30. The summed E-state index contributed by atoms with van der Waals surface area (Å²) >= 11 is 6.15. The standard InChI is InChI=1S/C22H14ClNO5/c1-13-2-4-14(5-3-13)21-11-15(22(25)29-21)10-17-7-9-20(28-17)18-12-16(24(26)27)6-8-19(18)23/h2-12H,1H3/b15-10+. The van der Waals surface area contributed by atoms with E-state index in [1.807, 2.05) is 31.2 Å². The molecule has 0 amide bonds. The van der Waals surface area contributed by atoms with Gasteiger partial charge in [-0.05, 0) is 37.3 Å². The third-order valence-corrected chi connectivity index (χ3v) is 4.74. The maximum Gasteiger partial charge on any atom is 0.343 e. The molecule has 1 aliphatic heterocycles. The lowest BCUT2D eigenvalue weighted by Crippen LogP contribution is -1.96. The zero-order chi connectivity index (χ0) is 20.5. The van der Waals surface area contributed by atoms with Gasteiger partial charge >= 0.3 is 5.97 Å². The Bertz CT molecular complexity index is 1190. The summed E-state index contributed by atoms with van der Waals surface area (Å²) in [4.78, 5) is 22.7. The van der Waals surface area contributed by atoms with Crippen molar-refractivity contribution in [1.29, 1.82) is 0 Å². The molecule has 7 heteroatoms. The second-order valence-corrected chi connectivity index (χ2v) is 6.89. The number of nitrogens with zero attached hydrogens (tertiary/aromatic N) is 1. The number of carbonyl (C=O) groups excluding carboxylic acids is 1. The molecule has 0 saturated carbocycles. The summed E-state index contributed by atoms with van der Waals surface area (Å²) < 4.78 is 11.1. The molecule has 3 aromatic rings. The van der Waals surface area contributed by atoms with E-state index >= 15 is 0 Å². The van der Waals surface area contributed by atoms with Gasteiger partial charge in [-0.2, -0.15) is 0 Å². The number of carbonyl (C=O) groups is 1. The van der Waals surface area contributed by atoms with Gasteiger partial charge in [0, 0.05) is 23.3 Å². The molecule has 2 aromatic carbocycles. The Morgan fingerprint density at radius 2 is 1.83 bits per heavy atom. The lowest BCUT2D eigenvalue weighted by Gasteiger charge is -2.01. The van der Waals surface area contributed by atoms with Crippen molar-refractivity contribution in [3.8, 4) is 11.3 Å². The summed E-state index contributed by atoms with van der Waals surface area (Å²) in [6.45, 7) is 1.98. The van der Waals surface area contributed by atoms with Crippen LogP contribution in [0, 0.1) is 17.0 Å². The van der Waals surface area contributed by atoms with Gasteiger partial charge in [-0.25, -0.2) is 4.79 Å². The molecule has 1 aromatic heterocycles. The van der Waals surface area contributed by atoms with E-state index in [-0.39, 0.29) is 5.69 Å². The second-order valence-electron chi connectivity index (χ2n) is 6.49. The molecule has 1 aliphatic rings. The van der Waals surface area contributed by atoms with Crippen LogP contribution in [0.15, 0.2) is 70.7 Å². The van der Waals surface area contributed by atoms with Crippen molar-refractivity contribution in [2.45, 2.75) is 6.92 Å². The van der Waals surface area contributed by atoms with Gasteiger partial charge in [0.05, 0.1) is 15.5 Å². The molecule has 0 aliphatic carbocycles. The number of furan rings is 1. The molecule has 0 fully saturated rings. The number of benzene rings is 2. The quantitative estimate of drug-likeness (QED) is 0.236. The number of cyclic esters (lactones) is 1. The summed E-state index contributed by atoms with van der Waals surface area (Å²) in [5, 5.41) is 11.3. The predicted molar refractivity (Wildman–Crippen MR) is 109 cm³/mol. The Labute approximate surface area is 170 Å². The number of aryl methyl sites for hydroxylation is 1. The molecular weight excluding hydrogens is 394 g/mol. The fourth-order valence-electron chi connectivity index (χ4n) is 2.89. The molecule has 0 N–H and O–H groups in total. The summed E-state index contributed by atoms with van der Waals surface area (Å²) in [7, 11) is 0. The van der Waals surface area contributed by atoms with Crippen molar-refractivity contribution in [3.05, 3.63) is 98.3 Å². The molecule has 144 valence electrons. The van der Waals surface area contributed by atoms with Crippen LogP contribution in [-0.4, -0.2) is 10.9 Å². The predicted octanol–water partition coefficient (Wildman–Crippen LogP) is 5.80. The van der Waals surface area contributed by atoms with Gasteiger partial charge in [-0.1, -0.05) is 41.4 Å². The number of hydrogen-bond acceptors (Lipinski definition) is 5. The second kappa shape index (κ2) is 7.41. The highest BCUT2D eigenvalue weighted by Gasteiger charge is 2.22. The van der Waals surface area contributed by atoms with E-state index in [2.05, 4.69) is 0 Å². The number of esters is 1. The summed E-state index contributed by atoms with van der Waals surface area (Å²) in [5.41, 5.74) is 2.56. The van der Waals surface area contributed by atoms with Crippen molar-refractivity contribution in [3.63, 3.8) is 0 Å². The van der Waals surface area contributed by atoms with Gasteiger partial charge in [0.25, 0.3) is 5.69 Å². The van der Waals surface area contributed by atoms with E-state index in [4.69, 9.17) is 20.8 Å². The number of hydrogen-bond donors (Lipinski definition) is 0. The van der Waals surface area contributed by atoms with Crippen LogP contribution in [-0.2, 0) is 9.53 Å². The van der Waals surface area contributed by atoms with E-state index in [1.54, 1.807) is 24.3 Å². The molecule has 4 rings (SSSR count). The lowest BCUT2D eigenvalue weighted by molar-refractivity contribution is -0.384. The number of non-ortho nitro benzene ring substituents is 1. The highest BCUT2D eigenvalue weighted by molar-refractivity contribution is 6.33. The van der Waals surface area contributed by atoms with Crippen LogP contribution in [0.2, 0.25) is 5.02 Å². The van der Waals surface area contributed by atoms with Crippen LogP contribution < -0.4 is 0 Å². The molecule has 0 spiro atoms. The first-order valence-electron chi connectivity index (χ1n) is 8.67. The van der Waals surface area contributed by atoms with Gasteiger partial charge in [-0.15, -0.1) is 0 Å². The smallest absolute Gasteiger partial charge is 0.343 e. The molecule has 0 radical (unpaired) electrons. The number of ether oxygens (including phenoxy) is 1. The van der Waals surface area contributed by atoms with E-state index in [1.165, 1.54) is 18.2 Å². The Morgan fingerprint density at radius 3 is 2.55 bits per heavy atom. The van der Waals surface area contributed by atoms with Crippen molar-refractivity contribution >= 4 is 35.1 Å². The summed E-state index contributed by atoms with van der Waals surface area (Å²) in [5.74, 6) is 0.747. The minimum Gasteiger partial charge on any atom is -0.457 e. The first-order valence-corrected chi connectivity index (χ1v) is 9.05. The minimum absolute atomic E-state index is 0.0919. The Morgan fingerprint density at radius 1 is 1.07 bits per heavy atom. The molecule has 0 atom stereocenters. The highest BCUT2D eigenvalue weighted by atomic mass is 35.5.